The van der Waals surface area contributed by atoms with Crippen molar-refractivity contribution in [1.82, 2.24) is 5.32 Å². The van der Waals surface area contributed by atoms with Crippen LogP contribution in [0.25, 0.3) is 0 Å². The van der Waals surface area contributed by atoms with Gasteiger partial charge in [-0.15, -0.1) is 0 Å². The largest absolute Gasteiger partial charge is 0.497 e. The molecular weight excluding hydrogens is 328 g/mol. The molecule has 1 saturated heterocycles. The normalized spacial score (nSPS) is 16.3. The van der Waals surface area contributed by atoms with Crippen LogP contribution in [0.2, 0.25) is 0 Å². The lowest BCUT2D eigenvalue weighted by atomic mass is 10.2. The van der Waals surface area contributed by atoms with Gasteiger partial charge in [0.05, 0.1) is 19.8 Å². The summed E-state index contributed by atoms with van der Waals surface area (Å²) in [6.45, 7) is 2.35. The zero-order chi connectivity index (χ0) is 18.2. The highest BCUT2D eigenvalue weighted by atomic mass is 16.5. The van der Waals surface area contributed by atoms with Gasteiger partial charge in [-0.1, -0.05) is 30.3 Å². The Balaban J connectivity index is 1.65. The average molecular weight is 354 g/mol. The van der Waals surface area contributed by atoms with Crippen LogP contribution in [0, 0.1) is 0 Å². The maximum absolute atomic E-state index is 12.5. The van der Waals surface area contributed by atoms with Crippen molar-refractivity contribution in [1.29, 1.82) is 0 Å². The van der Waals surface area contributed by atoms with Gasteiger partial charge in [-0.2, -0.15) is 0 Å². The van der Waals surface area contributed by atoms with Crippen LogP contribution in [0.3, 0.4) is 0 Å². The molecule has 1 fully saturated rings. The molecule has 3 rings (SSSR count). The summed E-state index contributed by atoms with van der Waals surface area (Å²) in [4.78, 5) is 14.5. The molecule has 1 amide bonds. The van der Waals surface area contributed by atoms with Gasteiger partial charge in [0.15, 0.2) is 0 Å². The lowest BCUT2D eigenvalue weighted by Crippen LogP contribution is -2.40. The minimum atomic E-state index is 0.00671. The molecule has 0 saturated carbocycles. The molecule has 0 aliphatic carbocycles. The van der Waals surface area contributed by atoms with Gasteiger partial charge in [-0.05, 0) is 42.7 Å². The number of hydrogen-bond acceptors (Lipinski definition) is 4. The third kappa shape index (κ3) is 5.23. The lowest BCUT2D eigenvalue weighted by molar-refractivity contribution is -0.120. The molecule has 1 heterocycles. The SMILES string of the molecule is COc1ccc(N(CC(=O)NC[C@H]2CCCO2)Cc2ccccc2)cc1. The van der Waals surface area contributed by atoms with Crippen LogP contribution in [0.15, 0.2) is 54.6 Å². The molecule has 5 nitrogen and oxygen atoms in total. The molecule has 0 radical (unpaired) electrons. The zero-order valence-corrected chi connectivity index (χ0v) is 15.2. The van der Waals surface area contributed by atoms with Crippen molar-refractivity contribution in [2.75, 3.05) is 31.7 Å². The minimum absolute atomic E-state index is 0.00671. The van der Waals surface area contributed by atoms with Crippen molar-refractivity contribution >= 4 is 11.6 Å². The first-order valence-electron chi connectivity index (χ1n) is 9.06. The first-order valence-corrected chi connectivity index (χ1v) is 9.06. The van der Waals surface area contributed by atoms with E-state index in [1.165, 1.54) is 0 Å². The molecule has 1 aliphatic heterocycles. The maximum Gasteiger partial charge on any atom is 0.239 e. The molecule has 26 heavy (non-hydrogen) atoms. The summed E-state index contributed by atoms with van der Waals surface area (Å²) < 4.78 is 10.8. The van der Waals surface area contributed by atoms with E-state index in [0.29, 0.717) is 19.6 Å². The van der Waals surface area contributed by atoms with E-state index in [-0.39, 0.29) is 12.0 Å². The standard InChI is InChI=1S/C21H26N2O3/c1-25-19-11-9-18(10-12-19)23(15-17-6-3-2-4-7-17)16-21(24)22-14-20-8-5-13-26-20/h2-4,6-7,9-12,20H,5,8,13-16H2,1H3,(H,22,24)/t20-/m1/s1. The Morgan fingerprint density at radius 2 is 1.96 bits per heavy atom. The molecule has 0 aromatic heterocycles. The number of nitrogens with one attached hydrogen (secondary N) is 1. The van der Waals surface area contributed by atoms with Crippen LogP contribution in [0.1, 0.15) is 18.4 Å². The van der Waals surface area contributed by atoms with Crippen molar-refractivity contribution < 1.29 is 14.3 Å². The first kappa shape index (κ1) is 18.3. The Kier molecular flexibility index (Phi) is 6.50. The number of methoxy groups -OCH3 is 1. The van der Waals surface area contributed by atoms with Crippen molar-refractivity contribution in [2.24, 2.45) is 0 Å². The van der Waals surface area contributed by atoms with Gasteiger partial charge < -0.3 is 19.7 Å². The van der Waals surface area contributed by atoms with E-state index < -0.39 is 0 Å². The highest BCUT2D eigenvalue weighted by Gasteiger charge is 2.18. The molecule has 0 spiro atoms. The number of carbonyl (C=O) groups is 1. The van der Waals surface area contributed by atoms with E-state index >= 15 is 0 Å². The van der Waals surface area contributed by atoms with Gasteiger partial charge in [0.25, 0.3) is 0 Å². The van der Waals surface area contributed by atoms with Crippen molar-refractivity contribution in [3.8, 4) is 5.75 Å². The Morgan fingerprint density at radius 1 is 1.19 bits per heavy atom. The van der Waals surface area contributed by atoms with Crippen LogP contribution in [0.5, 0.6) is 5.75 Å². The van der Waals surface area contributed by atoms with Crippen LogP contribution in [-0.2, 0) is 16.1 Å². The predicted octanol–water partition coefficient (Wildman–Crippen LogP) is 3.00. The molecule has 1 aliphatic rings. The number of ether oxygens (including phenoxy) is 2. The second-order valence-electron chi connectivity index (χ2n) is 6.48. The Bertz CT molecular complexity index is 682. The van der Waals surface area contributed by atoms with E-state index in [1.807, 2.05) is 42.5 Å². The summed E-state index contributed by atoms with van der Waals surface area (Å²) in [6.07, 6.45) is 2.25. The van der Waals surface area contributed by atoms with E-state index in [0.717, 1.165) is 36.4 Å². The first-order chi connectivity index (χ1) is 12.7. The van der Waals surface area contributed by atoms with Gasteiger partial charge >= 0.3 is 0 Å². The second kappa shape index (κ2) is 9.25. The van der Waals surface area contributed by atoms with Crippen LogP contribution in [-0.4, -0.2) is 38.8 Å². The summed E-state index contributed by atoms with van der Waals surface area (Å²) in [5.74, 6) is 0.809. The maximum atomic E-state index is 12.5. The Labute approximate surface area is 154 Å². The molecule has 138 valence electrons. The number of carbonyl (C=O) groups excluding carboxylic acids is 1. The third-order valence-electron chi connectivity index (χ3n) is 4.54. The Hall–Kier alpha value is -2.53. The number of rotatable bonds is 8. The van der Waals surface area contributed by atoms with Crippen molar-refractivity contribution in [3.05, 3.63) is 60.2 Å². The molecule has 1 atom stereocenters. The van der Waals surface area contributed by atoms with Gasteiger partial charge in [0, 0.05) is 25.4 Å². The fourth-order valence-electron chi connectivity index (χ4n) is 3.10. The number of hydrogen-bond donors (Lipinski definition) is 1. The number of anilines is 1. The number of benzene rings is 2. The van der Waals surface area contributed by atoms with Crippen molar-refractivity contribution in [2.45, 2.75) is 25.5 Å². The third-order valence-corrected chi connectivity index (χ3v) is 4.54. The molecule has 0 unspecified atom stereocenters. The van der Waals surface area contributed by atoms with E-state index in [1.54, 1.807) is 7.11 Å². The topological polar surface area (TPSA) is 50.8 Å². The monoisotopic (exact) mass is 354 g/mol. The summed E-state index contributed by atoms with van der Waals surface area (Å²) in [5, 5.41) is 3.00. The summed E-state index contributed by atoms with van der Waals surface area (Å²) >= 11 is 0. The fourth-order valence-corrected chi connectivity index (χ4v) is 3.10. The lowest BCUT2D eigenvalue weighted by Gasteiger charge is -2.25. The average Bonchev–Trinajstić information content (AvgIpc) is 3.20. The Morgan fingerprint density at radius 3 is 2.62 bits per heavy atom. The molecule has 5 heteroatoms. The summed E-state index contributed by atoms with van der Waals surface area (Å²) in [7, 11) is 1.65. The fraction of sp³-hybridized carbons (Fsp3) is 0.381. The molecule has 1 N–H and O–H groups in total. The van der Waals surface area contributed by atoms with Crippen LogP contribution < -0.4 is 15.0 Å². The quantitative estimate of drug-likeness (QED) is 0.792. The zero-order valence-electron chi connectivity index (χ0n) is 15.2. The van der Waals surface area contributed by atoms with E-state index in [4.69, 9.17) is 9.47 Å². The highest BCUT2D eigenvalue weighted by molar-refractivity contribution is 5.81. The van der Waals surface area contributed by atoms with Gasteiger partial charge in [0.2, 0.25) is 5.91 Å². The highest BCUT2D eigenvalue weighted by Crippen LogP contribution is 2.21. The smallest absolute Gasteiger partial charge is 0.239 e. The van der Waals surface area contributed by atoms with Gasteiger partial charge in [-0.3, -0.25) is 4.79 Å². The summed E-state index contributed by atoms with van der Waals surface area (Å²) in [6, 6.07) is 18.0. The predicted molar refractivity (Wildman–Crippen MR) is 102 cm³/mol. The molecular formula is C21H26N2O3. The van der Waals surface area contributed by atoms with E-state index in [9.17, 15) is 4.79 Å². The van der Waals surface area contributed by atoms with Crippen molar-refractivity contribution in [3.63, 3.8) is 0 Å². The van der Waals surface area contributed by atoms with Crippen LogP contribution in [0.4, 0.5) is 5.69 Å². The number of nitrogens with zero attached hydrogens (tertiary/aromatic N) is 1. The van der Waals surface area contributed by atoms with Crippen LogP contribution >= 0.6 is 0 Å². The van der Waals surface area contributed by atoms with E-state index in [2.05, 4.69) is 22.3 Å². The number of amides is 1. The minimum Gasteiger partial charge on any atom is -0.497 e. The van der Waals surface area contributed by atoms with Gasteiger partial charge in [0.1, 0.15) is 5.75 Å². The second-order valence-corrected chi connectivity index (χ2v) is 6.48. The molecule has 2 aromatic rings. The molecule has 2 aromatic carbocycles. The summed E-state index contributed by atoms with van der Waals surface area (Å²) in [5.41, 5.74) is 2.15. The van der Waals surface area contributed by atoms with Gasteiger partial charge in [-0.25, -0.2) is 0 Å². The molecule has 0 bridgehead atoms.